The van der Waals surface area contributed by atoms with E-state index in [4.69, 9.17) is 5.11 Å². The van der Waals surface area contributed by atoms with Crippen molar-refractivity contribution in [2.75, 3.05) is 5.75 Å². The Morgan fingerprint density at radius 3 is 2.45 bits per heavy atom. The van der Waals surface area contributed by atoms with Gasteiger partial charge in [0.05, 0.1) is 23.4 Å². The van der Waals surface area contributed by atoms with Crippen molar-refractivity contribution in [2.45, 2.75) is 44.2 Å². The van der Waals surface area contributed by atoms with Crippen molar-refractivity contribution in [3.8, 4) is 5.69 Å². The number of carboxylic acid groups (broad SMARTS) is 1. The quantitative estimate of drug-likeness (QED) is 0.449. The van der Waals surface area contributed by atoms with Crippen LogP contribution in [0, 0.1) is 13.8 Å². The third kappa shape index (κ3) is 5.50. The molecule has 0 saturated carbocycles. The van der Waals surface area contributed by atoms with Gasteiger partial charge in [-0.15, -0.1) is 11.8 Å². The number of aliphatic carboxylic acids is 1. The number of hydrogen-bond donors (Lipinski definition) is 1. The fraction of sp³-hybridized carbons (Fsp3) is 0.304. The first-order valence-corrected chi connectivity index (χ1v) is 10.7. The highest BCUT2D eigenvalue weighted by atomic mass is 32.2. The number of rotatable bonds is 7. The molecule has 0 aliphatic heterocycles. The summed E-state index contributed by atoms with van der Waals surface area (Å²) >= 11 is 1.64. The number of carbonyl (C=O) groups is 1. The number of halogens is 3. The first-order valence-electron chi connectivity index (χ1n) is 9.73. The van der Waals surface area contributed by atoms with Gasteiger partial charge in [0.15, 0.2) is 0 Å². The minimum absolute atomic E-state index is 0.0118. The second-order valence-corrected chi connectivity index (χ2v) is 8.56. The normalized spacial score (nSPS) is 12.7. The van der Waals surface area contributed by atoms with E-state index in [-0.39, 0.29) is 12.3 Å². The van der Waals surface area contributed by atoms with Gasteiger partial charge >= 0.3 is 12.1 Å². The highest BCUT2D eigenvalue weighted by Crippen LogP contribution is 2.33. The summed E-state index contributed by atoms with van der Waals surface area (Å²) in [4.78, 5) is 11.9. The number of carboxylic acids is 1. The van der Waals surface area contributed by atoms with Crippen LogP contribution in [0.4, 0.5) is 13.2 Å². The number of aromatic nitrogens is 2. The van der Waals surface area contributed by atoms with Crippen molar-refractivity contribution in [3.05, 3.63) is 76.6 Å². The summed E-state index contributed by atoms with van der Waals surface area (Å²) < 4.78 is 40.2. The largest absolute Gasteiger partial charge is 0.481 e. The summed E-state index contributed by atoms with van der Waals surface area (Å²) in [6.07, 6.45) is -4.38. The molecule has 3 rings (SSSR count). The van der Waals surface area contributed by atoms with E-state index in [0.717, 1.165) is 45.3 Å². The van der Waals surface area contributed by atoms with Gasteiger partial charge in [-0.2, -0.15) is 18.3 Å². The van der Waals surface area contributed by atoms with E-state index < -0.39 is 17.7 Å². The van der Waals surface area contributed by atoms with E-state index in [1.54, 1.807) is 22.5 Å². The number of alkyl halides is 3. The van der Waals surface area contributed by atoms with Crippen molar-refractivity contribution in [1.29, 1.82) is 0 Å². The molecule has 0 saturated heterocycles. The molecule has 0 aliphatic rings. The van der Waals surface area contributed by atoms with Gasteiger partial charge in [-0.25, -0.2) is 4.68 Å². The van der Waals surface area contributed by atoms with Crippen LogP contribution in [0.2, 0.25) is 0 Å². The van der Waals surface area contributed by atoms with Crippen molar-refractivity contribution in [2.24, 2.45) is 0 Å². The molecule has 3 aromatic rings. The molecule has 31 heavy (non-hydrogen) atoms. The zero-order chi connectivity index (χ0) is 22.8. The van der Waals surface area contributed by atoms with Crippen molar-refractivity contribution in [1.82, 2.24) is 9.78 Å². The van der Waals surface area contributed by atoms with Gasteiger partial charge in [0.25, 0.3) is 0 Å². The molecule has 1 aromatic heterocycles. The number of hydrogen-bond acceptors (Lipinski definition) is 3. The van der Waals surface area contributed by atoms with Gasteiger partial charge < -0.3 is 5.11 Å². The van der Waals surface area contributed by atoms with Crippen LogP contribution in [0.15, 0.2) is 53.4 Å². The number of nitrogens with zero attached hydrogens (tertiary/aromatic N) is 2. The number of benzene rings is 2. The Hall–Kier alpha value is -2.74. The molecule has 4 nitrogen and oxygen atoms in total. The lowest BCUT2D eigenvalue weighted by molar-refractivity contribution is -0.138. The Balaban J connectivity index is 1.76. The highest BCUT2D eigenvalue weighted by molar-refractivity contribution is 7.99. The smallest absolute Gasteiger partial charge is 0.416 e. The summed E-state index contributed by atoms with van der Waals surface area (Å²) in [6.45, 7) is 5.90. The van der Waals surface area contributed by atoms with Gasteiger partial charge in [0, 0.05) is 21.9 Å². The maximum absolute atomic E-state index is 12.8. The topological polar surface area (TPSA) is 55.1 Å². The standard InChI is InChI=1S/C23H23F3N2O2S/c1-14(13-31-20-6-4-5-17(11-20)12-21(29)30)22-15(2)27-28(16(22)3)19-9-7-18(8-10-19)23(24,25)26/h4-11,14H,12-13H2,1-3H3,(H,29,30). The summed E-state index contributed by atoms with van der Waals surface area (Å²) in [7, 11) is 0. The molecular weight excluding hydrogens is 425 g/mol. The van der Waals surface area contributed by atoms with Crippen LogP contribution in [0.25, 0.3) is 5.69 Å². The molecule has 0 bridgehead atoms. The Kier molecular flexibility index (Phi) is 6.79. The SMILES string of the molecule is Cc1nn(-c2ccc(C(F)(F)F)cc2)c(C)c1C(C)CSc1cccc(CC(=O)O)c1. The van der Waals surface area contributed by atoms with Gasteiger partial charge in [-0.1, -0.05) is 19.1 Å². The zero-order valence-corrected chi connectivity index (χ0v) is 18.2. The fourth-order valence-corrected chi connectivity index (χ4v) is 4.65. The predicted molar refractivity (Wildman–Crippen MR) is 115 cm³/mol. The van der Waals surface area contributed by atoms with E-state index in [2.05, 4.69) is 12.0 Å². The Morgan fingerprint density at radius 2 is 1.84 bits per heavy atom. The minimum atomic E-state index is -4.37. The lowest BCUT2D eigenvalue weighted by Crippen LogP contribution is -2.06. The Bertz CT molecular complexity index is 1080. The molecule has 0 fully saturated rings. The van der Waals surface area contributed by atoms with Crippen LogP contribution in [-0.4, -0.2) is 26.6 Å². The third-order valence-corrected chi connectivity index (χ3v) is 6.29. The Morgan fingerprint density at radius 1 is 1.16 bits per heavy atom. The number of thioether (sulfide) groups is 1. The van der Waals surface area contributed by atoms with Crippen molar-refractivity contribution in [3.63, 3.8) is 0 Å². The summed E-state index contributed by atoms with van der Waals surface area (Å²) in [5.74, 6) is 0.0467. The van der Waals surface area contributed by atoms with Crippen LogP contribution in [0.5, 0.6) is 0 Å². The molecule has 1 unspecified atom stereocenters. The molecule has 8 heteroatoms. The molecular formula is C23H23F3N2O2S. The molecule has 2 aromatic carbocycles. The Labute approximate surface area is 183 Å². The van der Waals surface area contributed by atoms with E-state index >= 15 is 0 Å². The minimum Gasteiger partial charge on any atom is -0.481 e. The molecule has 1 heterocycles. The second-order valence-electron chi connectivity index (χ2n) is 7.47. The predicted octanol–water partition coefficient (Wildman–Crippen LogP) is 6.03. The number of aryl methyl sites for hydroxylation is 1. The van der Waals surface area contributed by atoms with Crippen LogP contribution in [0.3, 0.4) is 0 Å². The van der Waals surface area contributed by atoms with Crippen LogP contribution < -0.4 is 0 Å². The summed E-state index contributed by atoms with van der Waals surface area (Å²) in [6, 6.07) is 12.5. The van der Waals surface area contributed by atoms with Gasteiger partial charge in [-0.3, -0.25) is 4.79 Å². The van der Waals surface area contributed by atoms with E-state index in [1.165, 1.54) is 12.1 Å². The maximum atomic E-state index is 12.8. The molecule has 0 radical (unpaired) electrons. The summed E-state index contributed by atoms with van der Waals surface area (Å²) in [5, 5.41) is 13.5. The second kappa shape index (κ2) is 9.18. The maximum Gasteiger partial charge on any atom is 0.416 e. The summed E-state index contributed by atoms with van der Waals surface area (Å²) in [5.41, 5.74) is 3.45. The van der Waals surface area contributed by atoms with E-state index in [9.17, 15) is 18.0 Å². The van der Waals surface area contributed by atoms with Gasteiger partial charge in [0.1, 0.15) is 0 Å². The lowest BCUT2D eigenvalue weighted by Gasteiger charge is -2.13. The zero-order valence-electron chi connectivity index (χ0n) is 17.4. The molecule has 164 valence electrons. The first kappa shape index (κ1) is 22.9. The highest BCUT2D eigenvalue weighted by Gasteiger charge is 2.30. The van der Waals surface area contributed by atoms with Crippen molar-refractivity contribution >= 4 is 17.7 Å². The fourth-order valence-electron chi connectivity index (χ4n) is 3.64. The molecule has 0 spiro atoms. The van der Waals surface area contributed by atoms with Crippen LogP contribution in [0.1, 0.15) is 40.9 Å². The first-order chi connectivity index (χ1) is 14.6. The van der Waals surface area contributed by atoms with Crippen LogP contribution in [-0.2, 0) is 17.4 Å². The lowest BCUT2D eigenvalue weighted by atomic mass is 10.0. The van der Waals surface area contributed by atoms with Gasteiger partial charge in [-0.05, 0) is 61.7 Å². The van der Waals surface area contributed by atoms with Gasteiger partial charge in [0.2, 0.25) is 0 Å². The third-order valence-electron chi connectivity index (χ3n) is 5.03. The van der Waals surface area contributed by atoms with E-state index in [0.29, 0.717) is 5.69 Å². The molecule has 1 N–H and O–H groups in total. The molecule has 1 atom stereocenters. The average molecular weight is 449 g/mol. The molecule has 0 aliphatic carbocycles. The van der Waals surface area contributed by atoms with Crippen LogP contribution >= 0.6 is 11.8 Å². The average Bonchev–Trinajstić information content (AvgIpc) is 2.99. The monoisotopic (exact) mass is 448 g/mol. The van der Waals surface area contributed by atoms with Crippen molar-refractivity contribution < 1.29 is 23.1 Å². The molecule has 0 amide bonds. The van der Waals surface area contributed by atoms with E-state index in [1.807, 2.05) is 32.0 Å².